The fourth-order valence-corrected chi connectivity index (χ4v) is 1.54. The van der Waals surface area contributed by atoms with Gasteiger partial charge in [0.05, 0.1) is 24.3 Å². The summed E-state index contributed by atoms with van der Waals surface area (Å²) < 4.78 is 9.80. The second kappa shape index (κ2) is 5.24. The van der Waals surface area contributed by atoms with E-state index in [1.54, 1.807) is 6.92 Å². The number of benzene rings is 1. The molecule has 0 saturated carbocycles. The summed E-state index contributed by atoms with van der Waals surface area (Å²) >= 11 is 11.7. The third-order valence-corrected chi connectivity index (χ3v) is 2.33. The smallest absolute Gasteiger partial charge is 0.339 e. The summed E-state index contributed by atoms with van der Waals surface area (Å²) in [5.74, 6) is -0.157. The standard InChI is InChI=1S/C10H10Cl2O3/c1-3-15-10(13)7-4-6(11)5-8(14-2)9(7)12/h4-5H,3H2,1-2H3. The molecule has 0 aliphatic heterocycles. The van der Waals surface area contributed by atoms with Crippen molar-refractivity contribution < 1.29 is 14.3 Å². The number of carbonyl (C=O) groups excluding carboxylic acids is 1. The molecular formula is C10H10Cl2O3. The van der Waals surface area contributed by atoms with Crippen LogP contribution in [0.25, 0.3) is 0 Å². The molecule has 3 nitrogen and oxygen atoms in total. The van der Waals surface area contributed by atoms with Crippen LogP contribution in [0.15, 0.2) is 12.1 Å². The minimum Gasteiger partial charge on any atom is -0.495 e. The van der Waals surface area contributed by atoms with Crippen molar-refractivity contribution in [2.75, 3.05) is 13.7 Å². The minimum absolute atomic E-state index is 0.209. The van der Waals surface area contributed by atoms with Crippen molar-refractivity contribution in [3.8, 4) is 5.75 Å². The van der Waals surface area contributed by atoms with Gasteiger partial charge < -0.3 is 9.47 Å². The topological polar surface area (TPSA) is 35.5 Å². The highest BCUT2D eigenvalue weighted by atomic mass is 35.5. The lowest BCUT2D eigenvalue weighted by molar-refractivity contribution is 0.0526. The van der Waals surface area contributed by atoms with Crippen LogP contribution in [-0.2, 0) is 4.74 Å². The average molecular weight is 249 g/mol. The molecule has 0 bridgehead atoms. The highest BCUT2D eigenvalue weighted by Gasteiger charge is 2.16. The van der Waals surface area contributed by atoms with E-state index in [0.29, 0.717) is 10.8 Å². The van der Waals surface area contributed by atoms with Crippen LogP contribution in [-0.4, -0.2) is 19.7 Å². The Hall–Kier alpha value is -0.930. The number of methoxy groups -OCH3 is 1. The summed E-state index contributed by atoms with van der Waals surface area (Å²) in [4.78, 5) is 11.5. The van der Waals surface area contributed by atoms with Crippen LogP contribution >= 0.6 is 23.2 Å². The van der Waals surface area contributed by atoms with Crippen LogP contribution in [0.4, 0.5) is 0 Å². The van der Waals surface area contributed by atoms with Crippen LogP contribution in [0.3, 0.4) is 0 Å². The summed E-state index contributed by atoms with van der Waals surface area (Å²) in [7, 11) is 1.45. The number of hydrogen-bond donors (Lipinski definition) is 0. The van der Waals surface area contributed by atoms with Crippen molar-refractivity contribution in [1.82, 2.24) is 0 Å². The quantitative estimate of drug-likeness (QED) is 0.771. The van der Waals surface area contributed by atoms with E-state index in [9.17, 15) is 4.79 Å². The van der Waals surface area contributed by atoms with E-state index in [4.69, 9.17) is 32.7 Å². The molecule has 0 aromatic heterocycles. The Labute approximate surface area is 97.9 Å². The van der Waals surface area contributed by atoms with E-state index >= 15 is 0 Å². The minimum atomic E-state index is -0.511. The maximum absolute atomic E-state index is 11.5. The molecule has 0 spiro atoms. The van der Waals surface area contributed by atoms with Gasteiger partial charge in [0.1, 0.15) is 5.75 Å². The fraction of sp³-hybridized carbons (Fsp3) is 0.300. The summed E-state index contributed by atoms with van der Waals surface area (Å²) in [5.41, 5.74) is 0.211. The predicted octanol–water partition coefficient (Wildman–Crippen LogP) is 3.18. The molecule has 0 amide bonds. The summed E-state index contributed by atoms with van der Waals surface area (Å²) in [5, 5.41) is 0.583. The second-order valence-corrected chi connectivity index (χ2v) is 3.50. The molecule has 1 aromatic rings. The summed E-state index contributed by atoms with van der Waals surface area (Å²) in [6.45, 7) is 2.00. The first-order valence-electron chi connectivity index (χ1n) is 4.30. The van der Waals surface area contributed by atoms with Crippen molar-refractivity contribution >= 4 is 29.2 Å². The summed E-state index contributed by atoms with van der Waals surface area (Å²) in [6.07, 6.45) is 0. The highest BCUT2D eigenvalue weighted by Crippen LogP contribution is 2.32. The predicted molar refractivity (Wildman–Crippen MR) is 59.0 cm³/mol. The van der Waals surface area contributed by atoms with Gasteiger partial charge in [-0.2, -0.15) is 0 Å². The fourth-order valence-electron chi connectivity index (χ4n) is 1.07. The lowest BCUT2D eigenvalue weighted by atomic mass is 10.2. The second-order valence-electron chi connectivity index (χ2n) is 2.69. The van der Waals surface area contributed by atoms with Crippen LogP contribution in [0, 0.1) is 0 Å². The van der Waals surface area contributed by atoms with Gasteiger partial charge in [-0.3, -0.25) is 0 Å². The number of ether oxygens (including phenoxy) is 2. The van der Waals surface area contributed by atoms with Crippen molar-refractivity contribution in [3.63, 3.8) is 0 Å². The number of halogens is 2. The van der Waals surface area contributed by atoms with E-state index in [1.807, 2.05) is 0 Å². The Balaban J connectivity index is 3.17. The van der Waals surface area contributed by atoms with E-state index in [2.05, 4.69) is 0 Å². The van der Waals surface area contributed by atoms with E-state index in [0.717, 1.165) is 0 Å². The molecular weight excluding hydrogens is 239 g/mol. The first-order valence-corrected chi connectivity index (χ1v) is 5.05. The average Bonchev–Trinajstić information content (AvgIpc) is 2.21. The van der Waals surface area contributed by atoms with Gasteiger partial charge in [-0.05, 0) is 13.0 Å². The van der Waals surface area contributed by atoms with Crippen LogP contribution < -0.4 is 4.74 Å². The molecule has 82 valence electrons. The number of rotatable bonds is 3. The van der Waals surface area contributed by atoms with Gasteiger partial charge >= 0.3 is 5.97 Å². The van der Waals surface area contributed by atoms with Gasteiger partial charge in [0, 0.05) is 11.1 Å². The number of carbonyl (C=O) groups is 1. The zero-order chi connectivity index (χ0) is 11.4. The van der Waals surface area contributed by atoms with Gasteiger partial charge in [-0.25, -0.2) is 4.79 Å². The molecule has 0 fully saturated rings. The Morgan fingerprint density at radius 3 is 2.60 bits per heavy atom. The molecule has 0 N–H and O–H groups in total. The number of hydrogen-bond acceptors (Lipinski definition) is 3. The first kappa shape index (κ1) is 12.1. The first-order chi connectivity index (χ1) is 7.10. The van der Waals surface area contributed by atoms with Crippen molar-refractivity contribution in [2.24, 2.45) is 0 Å². The van der Waals surface area contributed by atoms with Crippen LogP contribution in [0.2, 0.25) is 10.0 Å². The van der Waals surface area contributed by atoms with Gasteiger partial charge in [0.2, 0.25) is 0 Å². The SMILES string of the molecule is CCOC(=O)c1cc(Cl)cc(OC)c1Cl. The monoisotopic (exact) mass is 248 g/mol. The largest absolute Gasteiger partial charge is 0.495 e. The Morgan fingerprint density at radius 2 is 2.07 bits per heavy atom. The molecule has 0 unspecified atom stereocenters. The van der Waals surface area contributed by atoms with Crippen LogP contribution in [0.1, 0.15) is 17.3 Å². The van der Waals surface area contributed by atoms with Crippen molar-refractivity contribution in [2.45, 2.75) is 6.92 Å². The Kier molecular flexibility index (Phi) is 4.24. The van der Waals surface area contributed by atoms with Gasteiger partial charge in [-0.15, -0.1) is 0 Å². The third-order valence-electron chi connectivity index (χ3n) is 1.72. The van der Waals surface area contributed by atoms with E-state index in [1.165, 1.54) is 19.2 Å². The van der Waals surface area contributed by atoms with E-state index in [-0.39, 0.29) is 17.2 Å². The highest BCUT2D eigenvalue weighted by molar-refractivity contribution is 6.37. The van der Waals surface area contributed by atoms with Gasteiger partial charge in [0.25, 0.3) is 0 Å². The van der Waals surface area contributed by atoms with Gasteiger partial charge in [0.15, 0.2) is 0 Å². The normalized spacial score (nSPS) is 9.87. The molecule has 0 aliphatic rings. The third kappa shape index (κ3) is 2.76. The van der Waals surface area contributed by atoms with Crippen molar-refractivity contribution in [3.05, 3.63) is 27.7 Å². The molecule has 0 aliphatic carbocycles. The lowest BCUT2D eigenvalue weighted by Gasteiger charge is -2.08. The number of esters is 1. The molecule has 0 radical (unpaired) electrons. The molecule has 5 heteroatoms. The van der Waals surface area contributed by atoms with E-state index < -0.39 is 5.97 Å². The Bertz CT molecular complexity index is 377. The molecule has 1 rings (SSSR count). The molecule has 0 heterocycles. The van der Waals surface area contributed by atoms with Gasteiger partial charge in [-0.1, -0.05) is 23.2 Å². The maximum Gasteiger partial charge on any atom is 0.339 e. The molecule has 0 saturated heterocycles. The lowest BCUT2D eigenvalue weighted by Crippen LogP contribution is -2.06. The molecule has 0 atom stereocenters. The molecule has 15 heavy (non-hydrogen) atoms. The molecule has 1 aromatic carbocycles. The maximum atomic E-state index is 11.5. The zero-order valence-electron chi connectivity index (χ0n) is 8.34. The zero-order valence-corrected chi connectivity index (χ0v) is 9.85. The Morgan fingerprint density at radius 1 is 1.40 bits per heavy atom. The summed E-state index contributed by atoms with van der Waals surface area (Å²) in [6, 6.07) is 2.98. The van der Waals surface area contributed by atoms with Crippen molar-refractivity contribution in [1.29, 1.82) is 0 Å². The van der Waals surface area contributed by atoms with Crippen LogP contribution in [0.5, 0.6) is 5.75 Å².